The zero-order valence-electron chi connectivity index (χ0n) is 12.2. The van der Waals surface area contributed by atoms with Crippen LogP contribution < -0.4 is 5.32 Å². The molecule has 0 bridgehead atoms. The molecular weight excluding hydrogens is 226 g/mol. The average molecular weight is 257 g/mol. The summed E-state index contributed by atoms with van der Waals surface area (Å²) in [6.07, 6.45) is 9.92. The molecule has 0 spiro atoms. The van der Waals surface area contributed by atoms with E-state index in [-0.39, 0.29) is 0 Å². The van der Waals surface area contributed by atoms with Crippen LogP contribution in [0.25, 0.3) is 0 Å². The molecule has 1 unspecified atom stereocenters. The molecule has 108 valence electrons. The van der Waals surface area contributed by atoms with Crippen LogP contribution in [0.15, 0.2) is 0 Å². The van der Waals surface area contributed by atoms with E-state index in [1.807, 2.05) is 6.92 Å². The van der Waals surface area contributed by atoms with Gasteiger partial charge in [-0.1, -0.05) is 25.7 Å². The SMILES string of the molecule is CCOCCCNCC(C)OC1CCCCCC1. The van der Waals surface area contributed by atoms with Crippen LogP contribution in [-0.4, -0.2) is 38.5 Å². The minimum Gasteiger partial charge on any atom is -0.382 e. The van der Waals surface area contributed by atoms with E-state index in [0.717, 1.165) is 32.7 Å². The predicted octanol–water partition coefficient (Wildman–Crippen LogP) is 3.13. The van der Waals surface area contributed by atoms with Gasteiger partial charge in [0.15, 0.2) is 0 Å². The highest BCUT2D eigenvalue weighted by Gasteiger charge is 2.15. The molecule has 0 aliphatic heterocycles. The highest BCUT2D eigenvalue weighted by Crippen LogP contribution is 2.20. The van der Waals surface area contributed by atoms with Gasteiger partial charge in [-0.3, -0.25) is 0 Å². The first kappa shape index (κ1) is 15.9. The average Bonchev–Trinajstić information content (AvgIpc) is 2.62. The summed E-state index contributed by atoms with van der Waals surface area (Å²) in [5.74, 6) is 0. The van der Waals surface area contributed by atoms with Crippen molar-refractivity contribution >= 4 is 0 Å². The van der Waals surface area contributed by atoms with Crippen LogP contribution in [0.3, 0.4) is 0 Å². The second kappa shape index (κ2) is 10.8. The van der Waals surface area contributed by atoms with E-state index >= 15 is 0 Å². The summed E-state index contributed by atoms with van der Waals surface area (Å²) in [5.41, 5.74) is 0. The molecule has 0 aromatic carbocycles. The monoisotopic (exact) mass is 257 g/mol. The quantitative estimate of drug-likeness (QED) is 0.508. The lowest BCUT2D eigenvalue weighted by Gasteiger charge is -2.21. The molecule has 1 rings (SSSR count). The first-order valence-electron chi connectivity index (χ1n) is 7.77. The van der Waals surface area contributed by atoms with Gasteiger partial charge < -0.3 is 14.8 Å². The topological polar surface area (TPSA) is 30.5 Å². The van der Waals surface area contributed by atoms with Crippen molar-refractivity contribution in [3.05, 3.63) is 0 Å². The summed E-state index contributed by atoms with van der Waals surface area (Å²) in [6, 6.07) is 0. The number of hydrogen-bond donors (Lipinski definition) is 1. The summed E-state index contributed by atoms with van der Waals surface area (Å²) in [7, 11) is 0. The molecule has 1 fully saturated rings. The van der Waals surface area contributed by atoms with Gasteiger partial charge in [0.2, 0.25) is 0 Å². The van der Waals surface area contributed by atoms with Crippen LogP contribution in [0.2, 0.25) is 0 Å². The summed E-state index contributed by atoms with van der Waals surface area (Å²) in [6.45, 7) is 7.89. The number of hydrogen-bond acceptors (Lipinski definition) is 3. The summed E-state index contributed by atoms with van der Waals surface area (Å²) in [5, 5.41) is 3.44. The van der Waals surface area contributed by atoms with Gasteiger partial charge in [-0.25, -0.2) is 0 Å². The van der Waals surface area contributed by atoms with Crippen LogP contribution in [0, 0.1) is 0 Å². The molecule has 0 aromatic heterocycles. The van der Waals surface area contributed by atoms with Crippen LogP contribution in [0.4, 0.5) is 0 Å². The van der Waals surface area contributed by atoms with Gasteiger partial charge in [0.25, 0.3) is 0 Å². The zero-order chi connectivity index (χ0) is 13.1. The third-order valence-corrected chi connectivity index (χ3v) is 3.51. The Hall–Kier alpha value is -0.120. The van der Waals surface area contributed by atoms with Gasteiger partial charge in [-0.2, -0.15) is 0 Å². The third kappa shape index (κ3) is 8.06. The first-order valence-corrected chi connectivity index (χ1v) is 7.77. The number of nitrogens with one attached hydrogen (secondary N) is 1. The normalized spacial score (nSPS) is 19.7. The smallest absolute Gasteiger partial charge is 0.0675 e. The van der Waals surface area contributed by atoms with Crippen molar-refractivity contribution in [3.63, 3.8) is 0 Å². The molecular formula is C15H31NO2. The third-order valence-electron chi connectivity index (χ3n) is 3.51. The molecule has 0 saturated heterocycles. The van der Waals surface area contributed by atoms with E-state index in [1.54, 1.807) is 0 Å². The van der Waals surface area contributed by atoms with Crippen LogP contribution in [0.5, 0.6) is 0 Å². The fourth-order valence-electron chi connectivity index (χ4n) is 2.50. The van der Waals surface area contributed by atoms with Gasteiger partial charge in [-0.05, 0) is 39.7 Å². The lowest BCUT2D eigenvalue weighted by atomic mass is 10.1. The molecule has 3 heteroatoms. The van der Waals surface area contributed by atoms with Crippen LogP contribution >= 0.6 is 0 Å². The maximum absolute atomic E-state index is 6.11. The Balaban J connectivity index is 1.97. The van der Waals surface area contributed by atoms with Crippen molar-refractivity contribution in [2.45, 2.75) is 71.0 Å². The Kier molecular flexibility index (Phi) is 9.54. The summed E-state index contributed by atoms with van der Waals surface area (Å²) in [4.78, 5) is 0. The van der Waals surface area contributed by atoms with Gasteiger partial charge >= 0.3 is 0 Å². The highest BCUT2D eigenvalue weighted by molar-refractivity contribution is 4.67. The van der Waals surface area contributed by atoms with Crippen molar-refractivity contribution in [3.8, 4) is 0 Å². The minimum absolute atomic E-state index is 0.334. The van der Waals surface area contributed by atoms with E-state index in [4.69, 9.17) is 9.47 Å². The second-order valence-corrected chi connectivity index (χ2v) is 5.31. The van der Waals surface area contributed by atoms with Gasteiger partial charge in [0, 0.05) is 19.8 Å². The maximum atomic E-state index is 6.11. The molecule has 0 amide bonds. The largest absolute Gasteiger partial charge is 0.382 e. The fraction of sp³-hybridized carbons (Fsp3) is 1.00. The van der Waals surface area contributed by atoms with Gasteiger partial charge in [0.1, 0.15) is 0 Å². The molecule has 1 atom stereocenters. The van der Waals surface area contributed by atoms with Crippen molar-refractivity contribution in [2.24, 2.45) is 0 Å². The van der Waals surface area contributed by atoms with Gasteiger partial charge in [0.05, 0.1) is 12.2 Å². The first-order chi connectivity index (χ1) is 8.83. The van der Waals surface area contributed by atoms with E-state index in [0.29, 0.717) is 12.2 Å². The molecule has 1 aliphatic carbocycles. The van der Waals surface area contributed by atoms with Crippen molar-refractivity contribution in [1.29, 1.82) is 0 Å². The molecule has 1 N–H and O–H groups in total. The van der Waals surface area contributed by atoms with Crippen molar-refractivity contribution < 1.29 is 9.47 Å². The Labute approximate surface area is 113 Å². The second-order valence-electron chi connectivity index (χ2n) is 5.31. The molecule has 18 heavy (non-hydrogen) atoms. The summed E-state index contributed by atoms with van der Waals surface area (Å²) >= 11 is 0. The summed E-state index contributed by atoms with van der Waals surface area (Å²) < 4.78 is 11.4. The Bertz CT molecular complexity index is 179. The van der Waals surface area contributed by atoms with Crippen LogP contribution in [0.1, 0.15) is 58.8 Å². The predicted molar refractivity (Wildman–Crippen MR) is 76.0 cm³/mol. The standard InChI is InChI=1S/C15H31NO2/c1-3-17-12-8-11-16-13-14(2)18-15-9-6-4-5-7-10-15/h14-16H,3-13H2,1-2H3. The Morgan fingerprint density at radius 2 is 1.89 bits per heavy atom. The van der Waals surface area contributed by atoms with Crippen molar-refractivity contribution in [1.82, 2.24) is 5.32 Å². The minimum atomic E-state index is 0.334. The van der Waals surface area contributed by atoms with Crippen molar-refractivity contribution in [2.75, 3.05) is 26.3 Å². The zero-order valence-corrected chi connectivity index (χ0v) is 12.2. The maximum Gasteiger partial charge on any atom is 0.0675 e. The lowest BCUT2D eigenvalue weighted by Crippen LogP contribution is -2.31. The number of rotatable bonds is 9. The van der Waals surface area contributed by atoms with Crippen LogP contribution in [-0.2, 0) is 9.47 Å². The van der Waals surface area contributed by atoms with E-state index in [1.165, 1.54) is 38.5 Å². The molecule has 1 aliphatic rings. The van der Waals surface area contributed by atoms with E-state index < -0.39 is 0 Å². The molecule has 0 radical (unpaired) electrons. The Morgan fingerprint density at radius 1 is 1.17 bits per heavy atom. The highest BCUT2D eigenvalue weighted by atomic mass is 16.5. The van der Waals surface area contributed by atoms with Gasteiger partial charge in [-0.15, -0.1) is 0 Å². The molecule has 0 heterocycles. The Morgan fingerprint density at radius 3 is 2.56 bits per heavy atom. The van der Waals surface area contributed by atoms with E-state index in [9.17, 15) is 0 Å². The lowest BCUT2D eigenvalue weighted by molar-refractivity contribution is -0.00884. The fourth-order valence-corrected chi connectivity index (χ4v) is 2.50. The van der Waals surface area contributed by atoms with E-state index in [2.05, 4.69) is 12.2 Å². The molecule has 1 saturated carbocycles. The molecule has 3 nitrogen and oxygen atoms in total. The number of ether oxygens (including phenoxy) is 2. The molecule has 0 aromatic rings.